The summed E-state index contributed by atoms with van der Waals surface area (Å²) < 4.78 is 28.8. The molecule has 0 amide bonds. The van der Waals surface area contributed by atoms with Crippen molar-refractivity contribution in [1.82, 2.24) is 14.8 Å². The maximum atomic E-state index is 13.3. The van der Waals surface area contributed by atoms with E-state index >= 15 is 0 Å². The zero-order chi connectivity index (χ0) is 33.5. The number of para-hydroxylation sites is 1. The molecule has 0 spiro atoms. The van der Waals surface area contributed by atoms with Gasteiger partial charge in [-0.15, -0.1) is 0 Å². The van der Waals surface area contributed by atoms with Crippen molar-refractivity contribution >= 4 is 22.9 Å². The third kappa shape index (κ3) is 5.20. The number of piperazine rings is 1. The van der Waals surface area contributed by atoms with Crippen molar-refractivity contribution in [1.29, 1.82) is 5.26 Å². The Morgan fingerprint density at radius 1 is 0.896 bits per heavy atom. The molecular weight excluding hydrogens is 608 g/mol. The number of pyridine rings is 1. The van der Waals surface area contributed by atoms with E-state index in [2.05, 4.69) is 34.0 Å². The number of benzene rings is 3. The number of esters is 1. The number of hydrogen-bond acceptors (Lipinski definition) is 10. The Morgan fingerprint density at radius 3 is 2.21 bits per heavy atom. The molecule has 0 radical (unpaired) electrons. The molecule has 5 atom stereocenters. The molecule has 0 N–H and O–H groups in total. The molecule has 1 fully saturated rings. The predicted molar refractivity (Wildman–Crippen MR) is 180 cm³/mol. The van der Waals surface area contributed by atoms with Crippen LogP contribution in [0.3, 0.4) is 0 Å². The van der Waals surface area contributed by atoms with Crippen molar-refractivity contribution in [3.05, 3.63) is 94.7 Å². The highest BCUT2D eigenvalue weighted by molar-refractivity contribution is 5.93. The maximum absolute atomic E-state index is 13.3. The summed E-state index contributed by atoms with van der Waals surface area (Å²) in [7, 11) is 8.61. The van der Waals surface area contributed by atoms with Gasteiger partial charge in [-0.3, -0.25) is 14.8 Å². The van der Waals surface area contributed by atoms with Crippen LogP contribution >= 0.6 is 0 Å². The summed E-state index contributed by atoms with van der Waals surface area (Å²) in [6.45, 7) is 0.0549. The van der Waals surface area contributed by atoms with E-state index in [-0.39, 0.29) is 24.7 Å². The first-order valence-electron chi connectivity index (χ1n) is 16.0. The highest BCUT2D eigenvalue weighted by Crippen LogP contribution is 2.52. The lowest BCUT2D eigenvalue weighted by molar-refractivity contribution is -0.143. The summed E-state index contributed by atoms with van der Waals surface area (Å²) in [5, 5.41) is 11.7. The summed E-state index contributed by atoms with van der Waals surface area (Å²) in [6, 6.07) is 19.3. The first kappa shape index (κ1) is 31.5. The second-order valence-electron chi connectivity index (χ2n) is 12.4. The van der Waals surface area contributed by atoms with Gasteiger partial charge >= 0.3 is 5.97 Å². The summed E-state index contributed by atoms with van der Waals surface area (Å²) in [5.74, 6) is 2.08. The Balaban J connectivity index is 1.27. The number of hydrogen-bond donors (Lipinski definition) is 0. The Labute approximate surface area is 280 Å². The van der Waals surface area contributed by atoms with Gasteiger partial charge in [-0.1, -0.05) is 18.2 Å². The molecular formula is C38H38N4O6. The number of ether oxygens (including phenoxy) is 5. The van der Waals surface area contributed by atoms with Gasteiger partial charge in [0.2, 0.25) is 0 Å². The Bertz CT molecular complexity index is 1950. The molecule has 2 bridgehead atoms. The average molecular weight is 647 g/mol. The van der Waals surface area contributed by atoms with Crippen molar-refractivity contribution < 1.29 is 28.5 Å². The quantitative estimate of drug-likeness (QED) is 0.185. The lowest BCUT2D eigenvalue weighted by Gasteiger charge is -2.59. The lowest BCUT2D eigenvalue weighted by Crippen LogP contribution is -2.68. The molecule has 3 aliphatic rings. The summed E-state index contributed by atoms with van der Waals surface area (Å²) in [6.07, 6.45) is 6.26. The van der Waals surface area contributed by atoms with Crippen LogP contribution in [0.5, 0.6) is 23.0 Å². The van der Waals surface area contributed by atoms with Gasteiger partial charge in [-0.2, -0.15) is 5.26 Å². The van der Waals surface area contributed by atoms with Crippen LogP contribution in [0.2, 0.25) is 0 Å². The summed E-state index contributed by atoms with van der Waals surface area (Å²) in [4.78, 5) is 22.3. The minimum absolute atomic E-state index is 0.0533. The normalized spacial score (nSPS) is 23.0. The smallest absolute Gasteiger partial charge is 0.330 e. The van der Waals surface area contributed by atoms with Gasteiger partial charge < -0.3 is 23.7 Å². The van der Waals surface area contributed by atoms with Crippen molar-refractivity contribution in [2.45, 2.75) is 43.1 Å². The van der Waals surface area contributed by atoms with Crippen LogP contribution in [0.15, 0.2) is 66.9 Å². The van der Waals surface area contributed by atoms with E-state index in [1.165, 1.54) is 6.08 Å². The highest BCUT2D eigenvalue weighted by Gasteiger charge is 2.54. The second kappa shape index (κ2) is 12.8. The largest absolute Gasteiger partial charge is 0.493 e. The molecule has 1 aromatic heterocycles. The van der Waals surface area contributed by atoms with E-state index < -0.39 is 18.1 Å². The lowest BCUT2D eigenvalue weighted by atomic mass is 9.72. The van der Waals surface area contributed by atoms with Crippen LogP contribution in [-0.2, 0) is 22.4 Å². The number of aromatic nitrogens is 1. The number of methoxy groups -OCH3 is 4. The van der Waals surface area contributed by atoms with Gasteiger partial charge in [0.05, 0.1) is 52.1 Å². The fraction of sp³-hybridized carbons (Fsp3) is 0.342. The number of rotatable bonds is 8. The van der Waals surface area contributed by atoms with E-state index in [4.69, 9.17) is 23.7 Å². The van der Waals surface area contributed by atoms with E-state index in [9.17, 15) is 10.1 Å². The maximum Gasteiger partial charge on any atom is 0.330 e. The fourth-order valence-corrected chi connectivity index (χ4v) is 7.98. The van der Waals surface area contributed by atoms with E-state index in [0.29, 0.717) is 35.8 Å². The minimum atomic E-state index is -0.471. The molecule has 0 saturated carbocycles. The average Bonchev–Trinajstić information content (AvgIpc) is 3.11. The molecule has 3 aliphatic heterocycles. The third-order valence-corrected chi connectivity index (χ3v) is 10.2. The number of fused-ring (bicyclic) bond motifs is 8. The van der Waals surface area contributed by atoms with Crippen molar-refractivity contribution in [2.75, 3.05) is 42.1 Å². The number of nitriles is 1. The third-order valence-electron chi connectivity index (χ3n) is 10.2. The first-order valence-corrected chi connectivity index (χ1v) is 16.0. The second-order valence-corrected chi connectivity index (χ2v) is 12.4. The number of likely N-dealkylation sites (N-methyl/N-ethyl adjacent to an activating group) is 1. The molecule has 7 rings (SSSR count). The Hall–Kier alpha value is -5.11. The van der Waals surface area contributed by atoms with Gasteiger partial charge in [-0.05, 0) is 90.2 Å². The van der Waals surface area contributed by atoms with Crippen LogP contribution in [0.25, 0.3) is 17.0 Å². The monoisotopic (exact) mass is 646 g/mol. The number of carbonyl (C=O) groups excluding carboxylic acids is 1. The topological polar surface area (TPSA) is 106 Å². The van der Waals surface area contributed by atoms with Gasteiger partial charge in [0.15, 0.2) is 23.0 Å². The summed E-state index contributed by atoms with van der Waals surface area (Å²) >= 11 is 0. The van der Waals surface area contributed by atoms with Crippen molar-refractivity contribution in [3.63, 3.8) is 0 Å². The molecule has 4 heterocycles. The summed E-state index contributed by atoms with van der Waals surface area (Å²) in [5.41, 5.74) is 6.03. The Morgan fingerprint density at radius 2 is 1.52 bits per heavy atom. The molecule has 1 saturated heterocycles. The van der Waals surface area contributed by atoms with Crippen molar-refractivity contribution in [3.8, 4) is 29.1 Å². The van der Waals surface area contributed by atoms with E-state index in [1.54, 1.807) is 40.7 Å². The van der Waals surface area contributed by atoms with Crippen molar-refractivity contribution in [2.24, 2.45) is 0 Å². The standard InChI is InChI=1S/C38H38N4O6/c1-41-29-14-24-17-34(45-3)36(47-5)19-27(24)38(41)30-15-23-16-33(44-2)35(46-4)18-26(23)32(42(30)31(29)20-39)21-48-37(43)11-10-22-12-13-40-28-9-7-6-8-25(22)28/h6-13,16-19,29-32,38H,14-15,21H2,1-5H3/b11-10+/t29-,30-,31-,32-,38+/m0/s1. The van der Waals surface area contributed by atoms with Crippen LogP contribution in [0, 0.1) is 11.3 Å². The van der Waals surface area contributed by atoms with Crippen LogP contribution < -0.4 is 18.9 Å². The van der Waals surface area contributed by atoms with Gasteiger partial charge in [-0.25, -0.2) is 4.79 Å². The molecule has 0 unspecified atom stereocenters. The van der Waals surface area contributed by atoms with Crippen LogP contribution in [-0.4, -0.2) is 81.0 Å². The zero-order valence-electron chi connectivity index (χ0n) is 27.7. The number of nitrogens with zero attached hydrogens (tertiary/aromatic N) is 4. The SMILES string of the molecule is COc1cc2c(cc1OC)[C@@H]1[C@@H]3Cc4cc(OC)c(OC)cc4[C@H](COC(=O)/C=C/c4ccnc5ccccc45)N3[C@@H](C#N)[C@H](C2)N1C. The Kier molecular flexibility index (Phi) is 8.42. The van der Waals surface area contributed by atoms with Gasteiger partial charge in [0.1, 0.15) is 12.6 Å². The van der Waals surface area contributed by atoms with Gasteiger partial charge in [0, 0.05) is 29.7 Å². The predicted octanol–water partition coefficient (Wildman–Crippen LogP) is 5.30. The fourth-order valence-electron chi connectivity index (χ4n) is 7.98. The number of carbonyl (C=O) groups is 1. The molecule has 3 aromatic carbocycles. The molecule has 10 heteroatoms. The molecule has 246 valence electrons. The molecule has 4 aromatic rings. The van der Waals surface area contributed by atoms with Crippen LogP contribution in [0.1, 0.15) is 39.9 Å². The molecule has 0 aliphatic carbocycles. The zero-order valence-corrected chi connectivity index (χ0v) is 27.7. The molecule has 10 nitrogen and oxygen atoms in total. The van der Waals surface area contributed by atoms with Gasteiger partial charge in [0.25, 0.3) is 0 Å². The highest BCUT2D eigenvalue weighted by atomic mass is 16.5. The molecule has 48 heavy (non-hydrogen) atoms. The van der Waals surface area contributed by atoms with Crippen LogP contribution in [0.4, 0.5) is 0 Å². The van der Waals surface area contributed by atoms with E-state index in [0.717, 1.165) is 38.7 Å². The first-order chi connectivity index (χ1) is 23.4. The minimum Gasteiger partial charge on any atom is -0.493 e. The van der Waals surface area contributed by atoms with E-state index in [1.807, 2.05) is 48.5 Å².